The molecule has 1 heterocycles. The number of carbonyl (C=O) groups is 4. The van der Waals surface area contributed by atoms with Crippen molar-refractivity contribution in [1.29, 1.82) is 0 Å². The van der Waals surface area contributed by atoms with E-state index in [0.717, 1.165) is 17.1 Å². The van der Waals surface area contributed by atoms with E-state index in [9.17, 15) is 19.2 Å². The molecule has 0 bridgehead atoms. The Morgan fingerprint density at radius 1 is 1.19 bits per heavy atom. The Kier molecular flexibility index (Phi) is 6.70. The Bertz CT molecular complexity index is 443. The van der Waals surface area contributed by atoms with Crippen molar-refractivity contribution in [2.45, 2.75) is 25.3 Å². The van der Waals surface area contributed by atoms with E-state index in [0.29, 0.717) is 25.8 Å². The Hall–Kier alpha value is -2.06. The molecule has 0 fully saturated rings. The number of hydrogen-bond acceptors (Lipinski definition) is 6. The number of nitrogens with two attached hydrogens (primary N) is 2. The lowest BCUT2D eigenvalue weighted by atomic mass is 10.1. The molecule has 1 atom stereocenters. The fraction of sp³-hybridized carbons (Fsp3) is 0.538. The zero-order valence-corrected chi connectivity index (χ0v) is 11.7. The molecule has 5 N–H and O–H groups in total. The van der Waals surface area contributed by atoms with Gasteiger partial charge in [-0.1, -0.05) is 0 Å². The third kappa shape index (κ3) is 5.44. The van der Waals surface area contributed by atoms with Crippen molar-refractivity contribution in [2.24, 2.45) is 11.5 Å². The quantitative estimate of drug-likeness (QED) is 0.334. The van der Waals surface area contributed by atoms with E-state index in [2.05, 4.69) is 5.32 Å². The molecule has 21 heavy (non-hydrogen) atoms. The van der Waals surface area contributed by atoms with Crippen LogP contribution in [0.5, 0.6) is 0 Å². The van der Waals surface area contributed by atoms with Crippen LogP contribution in [0.3, 0.4) is 0 Å². The fourth-order valence-corrected chi connectivity index (χ4v) is 1.82. The van der Waals surface area contributed by atoms with Crippen molar-refractivity contribution in [2.75, 3.05) is 19.6 Å². The Morgan fingerprint density at radius 2 is 1.81 bits per heavy atom. The number of Topliss-reactive ketones (excluding diaryl/α,β-unsaturated/α-hetero) is 1. The molecule has 8 heteroatoms. The van der Waals surface area contributed by atoms with E-state index in [-0.39, 0.29) is 18.9 Å². The predicted octanol–water partition coefficient (Wildman–Crippen LogP) is -1.95. The smallest absolute Gasteiger partial charge is 0.254 e. The van der Waals surface area contributed by atoms with Gasteiger partial charge >= 0.3 is 0 Å². The predicted molar refractivity (Wildman–Crippen MR) is 74.8 cm³/mol. The van der Waals surface area contributed by atoms with Crippen LogP contribution in [0.2, 0.25) is 0 Å². The second-order valence-corrected chi connectivity index (χ2v) is 4.72. The first-order valence-electron chi connectivity index (χ1n) is 6.74. The van der Waals surface area contributed by atoms with Crippen LogP contribution in [0.15, 0.2) is 12.2 Å². The molecule has 1 aliphatic heterocycles. The van der Waals surface area contributed by atoms with Crippen LogP contribution < -0.4 is 16.8 Å². The fourth-order valence-electron chi connectivity index (χ4n) is 1.82. The van der Waals surface area contributed by atoms with E-state index in [4.69, 9.17) is 11.5 Å². The van der Waals surface area contributed by atoms with Crippen LogP contribution in [-0.2, 0) is 19.2 Å². The van der Waals surface area contributed by atoms with Gasteiger partial charge in [-0.15, -0.1) is 0 Å². The Morgan fingerprint density at radius 3 is 2.38 bits per heavy atom. The first kappa shape index (κ1) is 17.0. The summed E-state index contributed by atoms with van der Waals surface area (Å²) in [6.45, 7) is 0.0473. The summed E-state index contributed by atoms with van der Waals surface area (Å²) in [5.41, 5.74) is 10.8. The van der Waals surface area contributed by atoms with Crippen LogP contribution in [0.1, 0.15) is 19.3 Å². The molecular weight excluding hydrogens is 276 g/mol. The van der Waals surface area contributed by atoms with E-state index in [1.807, 2.05) is 0 Å². The lowest BCUT2D eigenvalue weighted by Crippen LogP contribution is -2.40. The monoisotopic (exact) mass is 296 g/mol. The van der Waals surface area contributed by atoms with Crippen molar-refractivity contribution in [3.63, 3.8) is 0 Å². The van der Waals surface area contributed by atoms with Crippen LogP contribution >= 0.6 is 0 Å². The summed E-state index contributed by atoms with van der Waals surface area (Å²) in [6.07, 6.45) is 4.10. The van der Waals surface area contributed by atoms with Gasteiger partial charge in [0.15, 0.2) is 5.78 Å². The van der Waals surface area contributed by atoms with Gasteiger partial charge in [0, 0.05) is 18.7 Å². The van der Waals surface area contributed by atoms with Gasteiger partial charge in [0.25, 0.3) is 11.8 Å². The van der Waals surface area contributed by atoms with Crippen molar-refractivity contribution in [3.05, 3.63) is 12.2 Å². The standard InChI is InChI=1S/C13H20N4O4/c14-7-10(18)9(15)3-1-2-6-16-11(19)8-17-12(20)4-5-13(17)21/h4-5,9H,1-3,6-8,14-15H2,(H,16,19)/t9-/m0/s1. The molecule has 1 aliphatic rings. The maximum absolute atomic E-state index is 11.6. The molecule has 0 radical (unpaired) electrons. The molecule has 0 aliphatic carbocycles. The highest BCUT2D eigenvalue weighted by atomic mass is 16.2. The normalized spacial score (nSPS) is 15.4. The SMILES string of the molecule is NCC(=O)[C@@H](N)CCCCNC(=O)CN1C(=O)C=CC1=O. The van der Waals surface area contributed by atoms with E-state index in [1.165, 1.54) is 0 Å². The number of amides is 3. The van der Waals surface area contributed by atoms with Gasteiger partial charge in [-0.05, 0) is 19.3 Å². The lowest BCUT2D eigenvalue weighted by molar-refractivity contribution is -0.141. The first-order valence-corrected chi connectivity index (χ1v) is 6.74. The van der Waals surface area contributed by atoms with Crippen LogP contribution in [-0.4, -0.2) is 54.1 Å². The number of ketones is 1. The molecular formula is C13H20N4O4. The average molecular weight is 296 g/mol. The topological polar surface area (TPSA) is 136 Å². The molecule has 0 aromatic heterocycles. The summed E-state index contributed by atoms with van der Waals surface area (Å²) in [4.78, 5) is 46.1. The van der Waals surface area contributed by atoms with E-state index < -0.39 is 23.8 Å². The van der Waals surface area contributed by atoms with Crippen molar-refractivity contribution >= 4 is 23.5 Å². The third-order valence-corrected chi connectivity index (χ3v) is 3.08. The van der Waals surface area contributed by atoms with Gasteiger partial charge in [0.1, 0.15) is 6.54 Å². The first-order chi connectivity index (χ1) is 9.95. The number of nitrogens with zero attached hydrogens (tertiary/aromatic N) is 1. The summed E-state index contributed by atoms with van der Waals surface area (Å²) in [5, 5.41) is 2.60. The number of hydrogen-bond donors (Lipinski definition) is 3. The van der Waals surface area contributed by atoms with Crippen LogP contribution in [0.4, 0.5) is 0 Å². The minimum atomic E-state index is -0.559. The summed E-state index contributed by atoms with van der Waals surface area (Å²) in [7, 11) is 0. The van der Waals surface area contributed by atoms with E-state index in [1.54, 1.807) is 0 Å². The molecule has 0 aromatic carbocycles. The summed E-state index contributed by atoms with van der Waals surface area (Å²) < 4.78 is 0. The Balaban J connectivity index is 2.13. The number of rotatable bonds is 9. The molecule has 0 saturated heterocycles. The van der Waals surface area contributed by atoms with E-state index >= 15 is 0 Å². The molecule has 3 amide bonds. The number of unbranched alkanes of at least 4 members (excludes halogenated alkanes) is 1. The summed E-state index contributed by atoms with van der Waals surface area (Å²) >= 11 is 0. The molecule has 8 nitrogen and oxygen atoms in total. The number of carbonyl (C=O) groups excluding carboxylic acids is 4. The van der Waals surface area contributed by atoms with Crippen molar-refractivity contribution in [1.82, 2.24) is 10.2 Å². The molecule has 1 rings (SSSR count). The van der Waals surface area contributed by atoms with Gasteiger partial charge in [0.2, 0.25) is 5.91 Å². The minimum absolute atomic E-state index is 0.0656. The highest BCUT2D eigenvalue weighted by molar-refractivity contribution is 6.14. The van der Waals surface area contributed by atoms with Gasteiger partial charge in [0.05, 0.1) is 12.6 Å². The highest BCUT2D eigenvalue weighted by Crippen LogP contribution is 2.02. The molecule has 0 saturated carbocycles. The second kappa shape index (κ2) is 8.28. The van der Waals surface area contributed by atoms with Gasteiger partial charge in [-0.25, -0.2) is 0 Å². The van der Waals surface area contributed by atoms with Gasteiger partial charge in [-0.2, -0.15) is 0 Å². The zero-order chi connectivity index (χ0) is 15.8. The number of imide groups is 1. The third-order valence-electron chi connectivity index (χ3n) is 3.08. The summed E-state index contributed by atoms with van der Waals surface area (Å²) in [5.74, 6) is -1.55. The van der Waals surface area contributed by atoms with Gasteiger partial charge < -0.3 is 16.8 Å². The molecule has 0 unspecified atom stereocenters. The molecule has 116 valence electrons. The maximum Gasteiger partial charge on any atom is 0.254 e. The maximum atomic E-state index is 11.6. The van der Waals surface area contributed by atoms with Gasteiger partial charge in [-0.3, -0.25) is 24.1 Å². The highest BCUT2D eigenvalue weighted by Gasteiger charge is 2.25. The zero-order valence-electron chi connectivity index (χ0n) is 11.7. The minimum Gasteiger partial charge on any atom is -0.355 e. The van der Waals surface area contributed by atoms with Crippen LogP contribution in [0, 0.1) is 0 Å². The largest absolute Gasteiger partial charge is 0.355 e. The molecule has 0 spiro atoms. The Labute approximate surface area is 122 Å². The van der Waals surface area contributed by atoms with Crippen LogP contribution in [0.25, 0.3) is 0 Å². The summed E-state index contributed by atoms with van der Waals surface area (Å²) in [6, 6.07) is -0.559. The number of nitrogens with one attached hydrogen (secondary N) is 1. The lowest BCUT2D eigenvalue weighted by Gasteiger charge is -2.13. The molecule has 0 aromatic rings. The second-order valence-electron chi connectivity index (χ2n) is 4.72. The van der Waals surface area contributed by atoms with Crippen molar-refractivity contribution < 1.29 is 19.2 Å². The van der Waals surface area contributed by atoms with Crippen molar-refractivity contribution in [3.8, 4) is 0 Å². The average Bonchev–Trinajstić information content (AvgIpc) is 2.77.